The molecule has 2 heterocycles. The Balaban J connectivity index is 0.000000156. The molecule has 27 heavy (non-hydrogen) atoms. The largest absolute Gasteiger partial charge is 0.388 e. The van der Waals surface area contributed by atoms with Gasteiger partial charge in [0.1, 0.15) is 12.2 Å². The van der Waals surface area contributed by atoms with Crippen LogP contribution in [0.1, 0.15) is 23.7 Å². The van der Waals surface area contributed by atoms with Crippen LogP contribution < -0.4 is 0 Å². The molecule has 0 bridgehead atoms. The average Bonchev–Trinajstić information content (AvgIpc) is 2.76. The van der Waals surface area contributed by atoms with Gasteiger partial charge in [0.25, 0.3) is 0 Å². The van der Waals surface area contributed by atoms with Gasteiger partial charge in [-0.05, 0) is 0 Å². The summed E-state index contributed by atoms with van der Waals surface area (Å²) in [4.78, 5) is 0. The molecule has 2 aliphatic rings. The molecule has 2 fully saturated rings. The highest BCUT2D eigenvalue weighted by Crippen LogP contribution is 2.23. The van der Waals surface area contributed by atoms with E-state index in [1.807, 2.05) is 60.7 Å². The number of aliphatic hydroxyl groups is 1. The maximum atomic E-state index is 9.12. The SMILES string of the molecule is COC1COC(c2ccccc2)OC1.OC1COC(c2ccccc2)OC1. The summed E-state index contributed by atoms with van der Waals surface area (Å²) in [6, 6.07) is 19.6. The fourth-order valence-corrected chi connectivity index (χ4v) is 2.72. The van der Waals surface area contributed by atoms with E-state index in [1.54, 1.807) is 7.11 Å². The van der Waals surface area contributed by atoms with Crippen molar-refractivity contribution in [3.8, 4) is 0 Å². The Morgan fingerprint density at radius 2 is 1.11 bits per heavy atom. The summed E-state index contributed by atoms with van der Waals surface area (Å²) in [5.74, 6) is 0. The third-order valence-corrected chi connectivity index (χ3v) is 4.22. The lowest BCUT2D eigenvalue weighted by molar-refractivity contribution is -0.225. The van der Waals surface area contributed by atoms with Crippen molar-refractivity contribution in [1.82, 2.24) is 0 Å². The maximum Gasteiger partial charge on any atom is 0.184 e. The Morgan fingerprint density at radius 1 is 0.704 bits per heavy atom. The van der Waals surface area contributed by atoms with Gasteiger partial charge in [0.05, 0.1) is 26.4 Å². The molecule has 0 unspecified atom stereocenters. The standard InChI is InChI=1S/C11H14O3.C10H12O3/c1-12-10-7-13-11(14-8-10)9-5-3-2-4-6-9;11-9-6-12-10(13-7-9)8-4-2-1-3-5-8/h2-6,10-11H,7-8H2,1H3;1-5,9-11H,6-7H2. The molecule has 2 aliphatic heterocycles. The van der Waals surface area contributed by atoms with Gasteiger partial charge in [0.15, 0.2) is 12.6 Å². The zero-order valence-corrected chi connectivity index (χ0v) is 15.4. The molecule has 0 aromatic heterocycles. The van der Waals surface area contributed by atoms with E-state index >= 15 is 0 Å². The molecule has 6 nitrogen and oxygen atoms in total. The van der Waals surface area contributed by atoms with Gasteiger partial charge in [-0.15, -0.1) is 0 Å². The third-order valence-electron chi connectivity index (χ3n) is 4.22. The van der Waals surface area contributed by atoms with E-state index in [2.05, 4.69) is 0 Å². The first-order valence-corrected chi connectivity index (χ1v) is 9.03. The smallest absolute Gasteiger partial charge is 0.184 e. The second-order valence-electron chi connectivity index (χ2n) is 6.33. The zero-order valence-electron chi connectivity index (χ0n) is 15.4. The summed E-state index contributed by atoms with van der Waals surface area (Å²) < 4.78 is 26.8. The predicted octanol–water partition coefficient (Wildman–Crippen LogP) is 2.84. The van der Waals surface area contributed by atoms with E-state index in [0.717, 1.165) is 11.1 Å². The Hall–Kier alpha value is -1.80. The molecule has 2 saturated heterocycles. The van der Waals surface area contributed by atoms with Gasteiger partial charge in [-0.2, -0.15) is 0 Å². The van der Waals surface area contributed by atoms with Crippen molar-refractivity contribution in [2.45, 2.75) is 24.8 Å². The summed E-state index contributed by atoms with van der Waals surface area (Å²) in [6.45, 7) is 1.88. The highest BCUT2D eigenvalue weighted by Gasteiger charge is 2.23. The number of ether oxygens (including phenoxy) is 5. The molecule has 0 saturated carbocycles. The molecule has 146 valence electrons. The average molecular weight is 374 g/mol. The topological polar surface area (TPSA) is 66.4 Å². The monoisotopic (exact) mass is 374 g/mol. The third kappa shape index (κ3) is 6.10. The van der Waals surface area contributed by atoms with Gasteiger partial charge < -0.3 is 28.8 Å². The molecule has 1 N–H and O–H groups in total. The van der Waals surface area contributed by atoms with E-state index in [4.69, 9.17) is 28.8 Å². The second-order valence-corrected chi connectivity index (χ2v) is 6.33. The molecule has 0 amide bonds. The summed E-state index contributed by atoms with van der Waals surface area (Å²) in [5, 5.41) is 9.12. The molecule has 6 heteroatoms. The minimum atomic E-state index is -0.486. The lowest BCUT2D eigenvalue weighted by atomic mass is 10.2. The van der Waals surface area contributed by atoms with Crippen molar-refractivity contribution in [3.63, 3.8) is 0 Å². The fraction of sp³-hybridized carbons (Fsp3) is 0.429. The van der Waals surface area contributed by atoms with Crippen molar-refractivity contribution >= 4 is 0 Å². The summed E-state index contributed by atoms with van der Waals surface area (Å²) in [5.41, 5.74) is 2.05. The number of hydrogen-bond donors (Lipinski definition) is 1. The lowest BCUT2D eigenvalue weighted by Gasteiger charge is -2.28. The number of aliphatic hydroxyl groups excluding tert-OH is 1. The van der Waals surface area contributed by atoms with Crippen molar-refractivity contribution in [3.05, 3.63) is 71.8 Å². The Labute approximate surface area is 159 Å². The van der Waals surface area contributed by atoms with Crippen LogP contribution in [0.5, 0.6) is 0 Å². The summed E-state index contributed by atoms with van der Waals surface area (Å²) in [6.07, 6.45) is -0.970. The van der Waals surface area contributed by atoms with Crippen LogP contribution in [0.2, 0.25) is 0 Å². The number of rotatable bonds is 3. The van der Waals surface area contributed by atoms with Crippen LogP contribution in [-0.4, -0.2) is 50.9 Å². The minimum absolute atomic E-state index is 0.0648. The normalized spacial score (nSPS) is 28.1. The molecule has 0 aliphatic carbocycles. The first kappa shape index (κ1) is 19.9. The van der Waals surface area contributed by atoms with Crippen molar-refractivity contribution in [2.24, 2.45) is 0 Å². The number of benzene rings is 2. The lowest BCUT2D eigenvalue weighted by Crippen LogP contribution is -2.32. The van der Waals surface area contributed by atoms with Gasteiger partial charge in [-0.3, -0.25) is 0 Å². The van der Waals surface area contributed by atoms with Crippen molar-refractivity contribution in [1.29, 1.82) is 0 Å². The molecule has 4 rings (SSSR count). The van der Waals surface area contributed by atoms with Crippen LogP contribution in [0.3, 0.4) is 0 Å². The zero-order chi connectivity index (χ0) is 18.9. The van der Waals surface area contributed by atoms with E-state index in [9.17, 15) is 0 Å². The van der Waals surface area contributed by atoms with Crippen molar-refractivity contribution in [2.75, 3.05) is 33.5 Å². The van der Waals surface area contributed by atoms with Gasteiger partial charge in [0, 0.05) is 18.2 Å². The summed E-state index contributed by atoms with van der Waals surface area (Å²) in [7, 11) is 1.67. The fourth-order valence-electron chi connectivity index (χ4n) is 2.72. The Bertz CT molecular complexity index is 634. The van der Waals surface area contributed by atoms with E-state index in [0.29, 0.717) is 26.4 Å². The van der Waals surface area contributed by atoms with E-state index < -0.39 is 6.10 Å². The molecule has 0 spiro atoms. The van der Waals surface area contributed by atoms with Crippen LogP contribution in [0.4, 0.5) is 0 Å². The first-order chi connectivity index (χ1) is 13.3. The molecule has 0 atom stereocenters. The van der Waals surface area contributed by atoms with Gasteiger partial charge in [-0.25, -0.2) is 0 Å². The molecular formula is C21H26O6. The van der Waals surface area contributed by atoms with E-state index in [1.165, 1.54) is 0 Å². The Morgan fingerprint density at radius 3 is 1.52 bits per heavy atom. The first-order valence-electron chi connectivity index (χ1n) is 9.03. The molecular weight excluding hydrogens is 348 g/mol. The number of methoxy groups -OCH3 is 1. The molecule has 2 aromatic rings. The van der Waals surface area contributed by atoms with Crippen LogP contribution in [0, 0.1) is 0 Å². The van der Waals surface area contributed by atoms with Gasteiger partial charge in [0.2, 0.25) is 0 Å². The summed E-state index contributed by atoms with van der Waals surface area (Å²) >= 11 is 0. The van der Waals surface area contributed by atoms with Crippen LogP contribution >= 0.6 is 0 Å². The van der Waals surface area contributed by atoms with E-state index in [-0.39, 0.29) is 18.7 Å². The predicted molar refractivity (Wildman–Crippen MR) is 99.0 cm³/mol. The molecule has 0 radical (unpaired) electrons. The highest BCUT2D eigenvalue weighted by atomic mass is 16.7. The highest BCUT2D eigenvalue weighted by molar-refractivity contribution is 5.16. The minimum Gasteiger partial charge on any atom is -0.388 e. The Kier molecular flexibility index (Phi) is 7.77. The van der Waals surface area contributed by atoms with Crippen LogP contribution in [0.25, 0.3) is 0 Å². The van der Waals surface area contributed by atoms with Crippen LogP contribution in [-0.2, 0) is 23.7 Å². The number of hydrogen-bond acceptors (Lipinski definition) is 6. The van der Waals surface area contributed by atoms with Gasteiger partial charge >= 0.3 is 0 Å². The van der Waals surface area contributed by atoms with Crippen molar-refractivity contribution < 1.29 is 28.8 Å². The maximum absolute atomic E-state index is 9.12. The van der Waals surface area contributed by atoms with Crippen LogP contribution in [0.15, 0.2) is 60.7 Å². The second kappa shape index (κ2) is 10.5. The van der Waals surface area contributed by atoms with Gasteiger partial charge in [-0.1, -0.05) is 60.7 Å². The molecule has 2 aromatic carbocycles. The quantitative estimate of drug-likeness (QED) is 0.891.